The summed E-state index contributed by atoms with van der Waals surface area (Å²) in [4.78, 5) is 15.7. The van der Waals surface area contributed by atoms with E-state index < -0.39 is 0 Å². The van der Waals surface area contributed by atoms with E-state index in [9.17, 15) is 5.11 Å². The second-order valence-corrected chi connectivity index (χ2v) is 5.41. The third kappa shape index (κ3) is 2.68. The molecule has 1 saturated heterocycles. The molecule has 0 unspecified atom stereocenters. The maximum atomic E-state index is 9.71. The molecular weight excluding hydrogens is 292 g/mol. The second-order valence-electron chi connectivity index (χ2n) is 5.41. The van der Waals surface area contributed by atoms with Crippen LogP contribution in [0.1, 0.15) is 0 Å². The SMILES string of the molecule is Oc1cccc(-c2nc(N3CCOCC3)c3ccncc3n2)c1. The lowest BCUT2D eigenvalue weighted by molar-refractivity contribution is 0.122. The highest BCUT2D eigenvalue weighted by atomic mass is 16.5. The molecule has 1 fully saturated rings. The minimum Gasteiger partial charge on any atom is -0.508 e. The van der Waals surface area contributed by atoms with Crippen LogP contribution in [0.15, 0.2) is 42.7 Å². The van der Waals surface area contributed by atoms with Crippen LogP contribution in [-0.4, -0.2) is 46.4 Å². The maximum absolute atomic E-state index is 9.71. The molecule has 4 rings (SSSR count). The van der Waals surface area contributed by atoms with Crippen molar-refractivity contribution in [3.8, 4) is 17.1 Å². The molecule has 23 heavy (non-hydrogen) atoms. The van der Waals surface area contributed by atoms with E-state index in [1.165, 1.54) is 0 Å². The highest BCUT2D eigenvalue weighted by Gasteiger charge is 2.18. The Morgan fingerprint density at radius 1 is 1.09 bits per heavy atom. The van der Waals surface area contributed by atoms with Gasteiger partial charge in [0.15, 0.2) is 5.82 Å². The van der Waals surface area contributed by atoms with Crippen LogP contribution in [0.3, 0.4) is 0 Å². The van der Waals surface area contributed by atoms with E-state index >= 15 is 0 Å². The molecule has 0 amide bonds. The van der Waals surface area contributed by atoms with Crippen LogP contribution in [0.2, 0.25) is 0 Å². The van der Waals surface area contributed by atoms with Crippen LogP contribution in [-0.2, 0) is 4.74 Å². The summed E-state index contributed by atoms with van der Waals surface area (Å²) >= 11 is 0. The van der Waals surface area contributed by atoms with E-state index in [0.717, 1.165) is 35.4 Å². The molecule has 1 aliphatic rings. The minimum absolute atomic E-state index is 0.199. The van der Waals surface area contributed by atoms with Crippen molar-refractivity contribution in [1.29, 1.82) is 0 Å². The van der Waals surface area contributed by atoms with Gasteiger partial charge in [0.25, 0.3) is 0 Å². The summed E-state index contributed by atoms with van der Waals surface area (Å²) in [5, 5.41) is 10.7. The molecule has 0 atom stereocenters. The van der Waals surface area contributed by atoms with Gasteiger partial charge in [0.05, 0.1) is 24.9 Å². The summed E-state index contributed by atoms with van der Waals surface area (Å²) in [7, 11) is 0. The number of hydrogen-bond acceptors (Lipinski definition) is 6. The Kier molecular flexibility index (Phi) is 3.51. The van der Waals surface area contributed by atoms with Crippen LogP contribution >= 0.6 is 0 Å². The van der Waals surface area contributed by atoms with Crippen LogP contribution in [0.4, 0.5) is 5.82 Å². The van der Waals surface area contributed by atoms with Crippen LogP contribution in [0.25, 0.3) is 22.3 Å². The molecule has 1 aliphatic heterocycles. The first-order valence-electron chi connectivity index (χ1n) is 7.55. The third-order valence-corrected chi connectivity index (χ3v) is 3.89. The van der Waals surface area contributed by atoms with Gasteiger partial charge in [-0.25, -0.2) is 9.97 Å². The van der Waals surface area contributed by atoms with E-state index in [1.54, 1.807) is 30.6 Å². The molecule has 3 heterocycles. The Balaban J connectivity index is 1.89. The molecule has 6 nitrogen and oxygen atoms in total. The number of fused-ring (bicyclic) bond motifs is 1. The Morgan fingerprint density at radius 3 is 2.78 bits per heavy atom. The molecular formula is C17H16N4O2. The number of phenolic OH excluding ortho intramolecular Hbond substituents is 1. The number of aromatic hydroxyl groups is 1. The second kappa shape index (κ2) is 5.81. The lowest BCUT2D eigenvalue weighted by atomic mass is 10.2. The first kappa shape index (κ1) is 13.9. The van der Waals surface area contributed by atoms with Gasteiger partial charge in [0, 0.05) is 30.2 Å². The monoisotopic (exact) mass is 308 g/mol. The van der Waals surface area contributed by atoms with E-state index in [4.69, 9.17) is 9.72 Å². The van der Waals surface area contributed by atoms with Gasteiger partial charge in [-0.1, -0.05) is 12.1 Å². The summed E-state index contributed by atoms with van der Waals surface area (Å²) < 4.78 is 5.43. The fraction of sp³-hybridized carbons (Fsp3) is 0.235. The molecule has 0 spiro atoms. The molecule has 1 N–H and O–H groups in total. The molecule has 116 valence electrons. The third-order valence-electron chi connectivity index (χ3n) is 3.89. The lowest BCUT2D eigenvalue weighted by Crippen LogP contribution is -2.37. The van der Waals surface area contributed by atoms with Gasteiger partial charge in [0.2, 0.25) is 0 Å². The van der Waals surface area contributed by atoms with Crippen molar-refractivity contribution in [2.24, 2.45) is 0 Å². The Hall–Kier alpha value is -2.73. The van der Waals surface area contributed by atoms with Gasteiger partial charge in [0.1, 0.15) is 11.6 Å². The largest absolute Gasteiger partial charge is 0.508 e. The molecule has 0 bridgehead atoms. The molecule has 1 aromatic carbocycles. The number of morpholine rings is 1. The summed E-state index contributed by atoms with van der Waals surface area (Å²) in [6, 6.07) is 8.91. The topological polar surface area (TPSA) is 71.4 Å². The molecule has 0 radical (unpaired) electrons. The van der Waals surface area contributed by atoms with Gasteiger partial charge >= 0.3 is 0 Å². The number of pyridine rings is 1. The first-order chi connectivity index (χ1) is 11.3. The standard InChI is InChI=1S/C17H16N4O2/c22-13-3-1-2-12(10-13)16-19-15-11-18-5-4-14(15)17(20-16)21-6-8-23-9-7-21/h1-5,10-11,22H,6-9H2. The van der Waals surface area contributed by atoms with Gasteiger partial charge in [-0.15, -0.1) is 0 Å². The van der Waals surface area contributed by atoms with Gasteiger partial charge < -0.3 is 14.7 Å². The Morgan fingerprint density at radius 2 is 1.96 bits per heavy atom. The van der Waals surface area contributed by atoms with Gasteiger partial charge in [-0.2, -0.15) is 0 Å². The molecule has 0 aliphatic carbocycles. The predicted molar refractivity (Wildman–Crippen MR) is 87.5 cm³/mol. The number of aromatic nitrogens is 3. The quantitative estimate of drug-likeness (QED) is 0.783. The Bertz CT molecular complexity index is 847. The number of ether oxygens (including phenoxy) is 1. The number of benzene rings is 1. The Labute approximate surface area is 133 Å². The number of phenols is 1. The van der Waals surface area contributed by atoms with E-state index in [0.29, 0.717) is 19.0 Å². The van der Waals surface area contributed by atoms with Gasteiger partial charge in [-0.05, 0) is 18.2 Å². The first-order valence-corrected chi connectivity index (χ1v) is 7.55. The van der Waals surface area contributed by atoms with Crippen LogP contribution in [0.5, 0.6) is 5.75 Å². The van der Waals surface area contributed by atoms with Crippen molar-refractivity contribution in [2.75, 3.05) is 31.2 Å². The van der Waals surface area contributed by atoms with E-state index in [-0.39, 0.29) is 5.75 Å². The zero-order valence-electron chi connectivity index (χ0n) is 12.5. The van der Waals surface area contributed by atoms with Crippen molar-refractivity contribution in [3.63, 3.8) is 0 Å². The normalized spacial score (nSPS) is 15.0. The number of anilines is 1. The minimum atomic E-state index is 0.199. The lowest BCUT2D eigenvalue weighted by Gasteiger charge is -2.28. The van der Waals surface area contributed by atoms with Crippen LogP contribution < -0.4 is 4.90 Å². The smallest absolute Gasteiger partial charge is 0.162 e. The number of hydrogen-bond donors (Lipinski definition) is 1. The number of rotatable bonds is 2. The fourth-order valence-corrected chi connectivity index (χ4v) is 2.75. The van der Waals surface area contributed by atoms with Crippen LogP contribution in [0, 0.1) is 0 Å². The van der Waals surface area contributed by atoms with Crippen molar-refractivity contribution < 1.29 is 9.84 Å². The number of nitrogens with zero attached hydrogens (tertiary/aromatic N) is 4. The average molecular weight is 308 g/mol. The summed E-state index contributed by atoms with van der Waals surface area (Å²) in [6.07, 6.45) is 3.50. The predicted octanol–water partition coefficient (Wildman–Crippen LogP) is 2.23. The summed E-state index contributed by atoms with van der Waals surface area (Å²) in [6.45, 7) is 2.98. The molecule has 0 saturated carbocycles. The maximum Gasteiger partial charge on any atom is 0.162 e. The van der Waals surface area contributed by atoms with Crippen molar-refractivity contribution in [2.45, 2.75) is 0 Å². The summed E-state index contributed by atoms with van der Waals surface area (Å²) in [5.41, 5.74) is 1.58. The zero-order valence-corrected chi connectivity index (χ0v) is 12.5. The van der Waals surface area contributed by atoms with Crippen molar-refractivity contribution in [3.05, 3.63) is 42.7 Å². The van der Waals surface area contributed by atoms with Crippen molar-refractivity contribution in [1.82, 2.24) is 15.0 Å². The molecule has 3 aromatic rings. The fourth-order valence-electron chi connectivity index (χ4n) is 2.75. The highest BCUT2D eigenvalue weighted by Crippen LogP contribution is 2.28. The van der Waals surface area contributed by atoms with E-state index in [2.05, 4.69) is 14.9 Å². The van der Waals surface area contributed by atoms with Gasteiger partial charge in [-0.3, -0.25) is 4.98 Å². The highest BCUT2D eigenvalue weighted by molar-refractivity contribution is 5.90. The molecule has 6 heteroatoms. The average Bonchev–Trinajstić information content (AvgIpc) is 2.61. The molecule has 2 aromatic heterocycles. The zero-order chi connectivity index (χ0) is 15.6. The van der Waals surface area contributed by atoms with E-state index in [1.807, 2.05) is 12.1 Å². The van der Waals surface area contributed by atoms with Crippen molar-refractivity contribution >= 4 is 16.7 Å². The summed E-state index contributed by atoms with van der Waals surface area (Å²) in [5.74, 6) is 1.67.